The molecule has 0 saturated heterocycles. The van der Waals surface area contributed by atoms with Crippen molar-refractivity contribution < 1.29 is 14.8 Å². The van der Waals surface area contributed by atoms with Crippen LogP contribution in [0.4, 0.5) is 5.69 Å². The van der Waals surface area contributed by atoms with Gasteiger partial charge in [-0.1, -0.05) is 42.5 Å². The maximum Gasteiger partial charge on any atom is 0.263 e. The first-order valence-electron chi connectivity index (χ1n) is 9.66. The van der Waals surface area contributed by atoms with Crippen LogP contribution in [0.2, 0.25) is 0 Å². The summed E-state index contributed by atoms with van der Waals surface area (Å²) in [6, 6.07) is 12.9. The minimum Gasteiger partial charge on any atom is -0.868 e. The summed E-state index contributed by atoms with van der Waals surface area (Å²) < 4.78 is 1.20. The van der Waals surface area contributed by atoms with E-state index in [4.69, 9.17) is 0 Å². The molecule has 2 aromatic carbocycles. The second-order valence-electron chi connectivity index (χ2n) is 7.03. The Labute approximate surface area is 190 Å². The first-order valence-corrected chi connectivity index (χ1v) is 10.5. The van der Waals surface area contributed by atoms with Crippen molar-refractivity contribution >= 4 is 39.4 Å². The maximum atomic E-state index is 13.1. The van der Waals surface area contributed by atoms with Crippen LogP contribution in [-0.2, 0) is 11.3 Å². The van der Waals surface area contributed by atoms with Gasteiger partial charge in [-0.3, -0.25) is 24.3 Å². The molecule has 4 aromatic rings. The normalized spacial score (nSPS) is 11.2. The summed E-state index contributed by atoms with van der Waals surface area (Å²) in [6.45, 7) is 1.60. The molecule has 1 N–H and O–H groups in total. The highest BCUT2D eigenvalue weighted by Crippen LogP contribution is 2.35. The van der Waals surface area contributed by atoms with E-state index in [1.54, 1.807) is 0 Å². The molecule has 0 unspecified atom stereocenters. The van der Waals surface area contributed by atoms with Crippen LogP contribution in [-0.4, -0.2) is 26.6 Å². The third-order valence-electron chi connectivity index (χ3n) is 4.81. The Hall–Kier alpha value is -4.38. The molecule has 33 heavy (non-hydrogen) atoms. The van der Waals surface area contributed by atoms with Gasteiger partial charge in [-0.15, -0.1) is 11.3 Å². The predicted octanol–water partition coefficient (Wildman–Crippen LogP) is 2.57. The Morgan fingerprint density at radius 2 is 2.03 bits per heavy atom. The molecular formula is C22H16N5O5S-. The largest absolute Gasteiger partial charge is 0.868 e. The third-order valence-corrected chi connectivity index (χ3v) is 5.83. The fraction of sp³-hybridized carbons (Fsp3) is 0.0909. The number of carbonyl (C=O) groups excluding carboxylic acids is 1. The molecule has 11 heteroatoms. The Morgan fingerprint density at radius 1 is 1.27 bits per heavy atom. The highest BCUT2D eigenvalue weighted by Gasteiger charge is 2.17. The van der Waals surface area contributed by atoms with Crippen LogP contribution in [0, 0.1) is 17.0 Å². The van der Waals surface area contributed by atoms with E-state index in [1.165, 1.54) is 34.5 Å². The molecule has 0 fully saturated rings. The van der Waals surface area contributed by atoms with Gasteiger partial charge in [0, 0.05) is 22.1 Å². The van der Waals surface area contributed by atoms with E-state index in [0.717, 1.165) is 28.1 Å². The van der Waals surface area contributed by atoms with Crippen molar-refractivity contribution in [2.45, 2.75) is 13.5 Å². The van der Waals surface area contributed by atoms with Crippen LogP contribution >= 0.6 is 11.3 Å². The van der Waals surface area contributed by atoms with Crippen molar-refractivity contribution in [1.82, 2.24) is 15.0 Å². The smallest absolute Gasteiger partial charge is 0.263 e. The summed E-state index contributed by atoms with van der Waals surface area (Å²) in [5.41, 5.74) is 3.29. The van der Waals surface area contributed by atoms with Crippen molar-refractivity contribution in [3.8, 4) is 16.9 Å². The van der Waals surface area contributed by atoms with Gasteiger partial charge < -0.3 is 5.11 Å². The number of hydrazone groups is 1. The number of thiophene rings is 1. The fourth-order valence-corrected chi connectivity index (χ4v) is 4.33. The monoisotopic (exact) mass is 462 g/mol. The van der Waals surface area contributed by atoms with E-state index < -0.39 is 22.3 Å². The van der Waals surface area contributed by atoms with Gasteiger partial charge in [0.1, 0.15) is 11.4 Å². The zero-order chi connectivity index (χ0) is 23.5. The predicted molar refractivity (Wildman–Crippen MR) is 122 cm³/mol. The molecule has 0 atom stereocenters. The summed E-state index contributed by atoms with van der Waals surface area (Å²) in [4.78, 5) is 41.4. The molecular weight excluding hydrogens is 446 g/mol. The second kappa shape index (κ2) is 9.01. The summed E-state index contributed by atoms with van der Waals surface area (Å²) in [7, 11) is 0. The molecule has 0 radical (unpaired) electrons. The number of hydrogen-bond acceptors (Lipinski definition) is 8. The number of fused-ring (bicyclic) bond motifs is 1. The number of rotatable bonds is 6. The standard InChI is InChI=1S/C22H17N5O5S/c1-13-19(15-5-3-2-4-6-15)20-21(33-13)23-12-26(22(20)30)11-18(29)25-24-10-14-7-8-17(28)16(9-14)27(31)32/h2-10,12,28H,11H2,1H3,(H,25,29)/p-1/b24-10-. The molecule has 0 saturated carbocycles. The Kier molecular flexibility index (Phi) is 5.96. The van der Waals surface area contributed by atoms with Crippen molar-refractivity contribution in [2.75, 3.05) is 0 Å². The van der Waals surface area contributed by atoms with Gasteiger partial charge in [0.2, 0.25) is 0 Å². The number of aromatic nitrogens is 2. The molecule has 1 amide bonds. The average Bonchev–Trinajstić information content (AvgIpc) is 3.14. The number of benzene rings is 2. The molecule has 0 aliphatic heterocycles. The Bertz CT molecular complexity index is 1460. The zero-order valence-electron chi connectivity index (χ0n) is 17.2. The lowest BCUT2D eigenvalue weighted by molar-refractivity contribution is -0.398. The quantitative estimate of drug-likeness (QED) is 0.265. The van der Waals surface area contributed by atoms with Crippen LogP contribution in [0.1, 0.15) is 10.4 Å². The van der Waals surface area contributed by atoms with Gasteiger partial charge in [-0.25, -0.2) is 10.4 Å². The van der Waals surface area contributed by atoms with E-state index in [0.29, 0.717) is 10.2 Å². The summed E-state index contributed by atoms with van der Waals surface area (Å²) in [5.74, 6) is -1.31. The van der Waals surface area contributed by atoms with Gasteiger partial charge in [0.15, 0.2) is 0 Å². The van der Waals surface area contributed by atoms with Crippen LogP contribution < -0.4 is 16.1 Å². The maximum absolute atomic E-state index is 13.1. The van der Waals surface area contributed by atoms with Crippen LogP contribution in [0.5, 0.6) is 5.75 Å². The number of nitro groups is 1. The molecule has 4 rings (SSSR count). The number of amides is 1. The minimum atomic E-state index is -0.788. The topological polar surface area (TPSA) is 143 Å². The molecule has 0 spiro atoms. The second-order valence-corrected chi connectivity index (χ2v) is 8.24. The van der Waals surface area contributed by atoms with Gasteiger partial charge in [0.05, 0.1) is 22.9 Å². The summed E-state index contributed by atoms with van der Waals surface area (Å²) in [5, 5.41) is 26.5. The Morgan fingerprint density at radius 3 is 2.76 bits per heavy atom. The summed E-state index contributed by atoms with van der Waals surface area (Å²) in [6.07, 6.45) is 2.49. The molecule has 10 nitrogen and oxygen atoms in total. The fourth-order valence-electron chi connectivity index (χ4n) is 3.33. The molecule has 2 aromatic heterocycles. The van der Waals surface area contributed by atoms with Gasteiger partial charge in [0.25, 0.3) is 17.2 Å². The number of aryl methyl sites for hydroxylation is 1. The van der Waals surface area contributed by atoms with E-state index >= 15 is 0 Å². The minimum absolute atomic E-state index is 0.267. The third kappa shape index (κ3) is 4.48. The van der Waals surface area contributed by atoms with E-state index in [9.17, 15) is 24.8 Å². The lowest BCUT2D eigenvalue weighted by Gasteiger charge is -2.07. The molecule has 0 bridgehead atoms. The van der Waals surface area contributed by atoms with E-state index in [-0.39, 0.29) is 17.7 Å². The number of nitro benzene ring substituents is 1. The number of hydrogen-bond donors (Lipinski definition) is 1. The Balaban J connectivity index is 1.55. The molecule has 0 aliphatic carbocycles. The number of nitrogens with one attached hydrogen (secondary N) is 1. The van der Waals surface area contributed by atoms with Gasteiger partial charge >= 0.3 is 0 Å². The molecule has 2 heterocycles. The average molecular weight is 462 g/mol. The number of carbonyl (C=O) groups is 1. The van der Waals surface area contributed by atoms with E-state index in [1.807, 2.05) is 37.3 Å². The van der Waals surface area contributed by atoms with Gasteiger partial charge in [-0.2, -0.15) is 5.10 Å². The molecule has 0 aliphatic rings. The van der Waals surface area contributed by atoms with Crippen molar-refractivity contribution in [2.24, 2.45) is 5.10 Å². The molecule has 166 valence electrons. The summed E-state index contributed by atoms with van der Waals surface area (Å²) >= 11 is 1.41. The van der Waals surface area contributed by atoms with Crippen molar-refractivity contribution in [3.63, 3.8) is 0 Å². The van der Waals surface area contributed by atoms with Crippen LogP contribution in [0.15, 0.2) is 64.8 Å². The van der Waals surface area contributed by atoms with Crippen molar-refractivity contribution in [1.29, 1.82) is 0 Å². The number of nitrogens with zero attached hydrogens (tertiary/aromatic N) is 4. The first-order chi connectivity index (χ1) is 15.8. The highest BCUT2D eigenvalue weighted by molar-refractivity contribution is 7.19. The van der Waals surface area contributed by atoms with Crippen molar-refractivity contribution in [3.05, 3.63) is 85.8 Å². The zero-order valence-corrected chi connectivity index (χ0v) is 18.0. The van der Waals surface area contributed by atoms with Crippen LogP contribution in [0.3, 0.4) is 0 Å². The SMILES string of the molecule is Cc1sc2ncn(CC(=O)N/N=C\c3ccc([O-])c([N+](=O)[O-])c3)c(=O)c2c1-c1ccccc1. The van der Waals surface area contributed by atoms with E-state index in [2.05, 4.69) is 15.5 Å². The lowest BCUT2D eigenvalue weighted by atomic mass is 10.0. The lowest BCUT2D eigenvalue weighted by Crippen LogP contribution is -2.30. The highest BCUT2D eigenvalue weighted by atomic mass is 32.1. The first kappa shape index (κ1) is 21.8. The van der Waals surface area contributed by atoms with Gasteiger partial charge in [-0.05, 0) is 18.2 Å². The van der Waals surface area contributed by atoms with Crippen LogP contribution in [0.25, 0.3) is 21.3 Å².